The number of fused-ring (bicyclic) bond motifs is 7. The lowest BCUT2D eigenvalue weighted by Gasteiger charge is -2.25. The van der Waals surface area contributed by atoms with Gasteiger partial charge in [0, 0.05) is 34.8 Å². The van der Waals surface area contributed by atoms with Crippen LogP contribution in [0.4, 0.5) is 0 Å². The third-order valence-electron chi connectivity index (χ3n) is 12.5. The maximum Gasteiger partial charge on any atom is 0.0868 e. The van der Waals surface area contributed by atoms with Crippen molar-refractivity contribution in [2.45, 2.75) is 0 Å². The molecule has 3 aliphatic rings. The highest BCUT2D eigenvalue weighted by Crippen LogP contribution is 2.46. The summed E-state index contributed by atoms with van der Waals surface area (Å²) in [5.41, 5.74) is 12.8. The average molecular weight is 754 g/mol. The Morgan fingerprint density at radius 3 is 2.08 bits per heavy atom. The van der Waals surface area contributed by atoms with E-state index in [2.05, 4.69) is 210 Å². The molecular weight excluding hydrogens is 715 g/mol. The number of nitrogens with zero attached hydrogens (tertiary/aromatic N) is 2. The molecule has 59 heavy (non-hydrogen) atoms. The Bertz CT molecular complexity index is 3390. The fourth-order valence-electron chi connectivity index (χ4n) is 9.71. The van der Waals surface area contributed by atoms with Gasteiger partial charge in [0.2, 0.25) is 0 Å². The first-order valence-electron chi connectivity index (χ1n) is 20.6. The largest absolute Gasteiger partial charge is 0.380 e. The van der Waals surface area contributed by atoms with E-state index in [1.165, 1.54) is 76.5 Å². The monoisotopic (exact) mass is 753 g/mol. The van der Waals surface area contributed by atoms with Gasteiger partial charge in [0.1, 0.15) is 0 Å². The minimum atomic E-state index is 0.343. The number of allylic oxidation sites excluding steroid dienone is 10. The predicted octanol–water partition coefficient (Wildman–Crippen LogP) is 13.8. The van der Waals surface area contributed by atoms with Crippen molar-refractivity contribution in [1.29, 1.82) is 0 Å². The van der Waals surface area contributed by atoms with Gasteiger partial charge < -0.3 is 9.88 Å². The maximum atomic E-state index is 4.98. The molecule has 0 spiro atoms. The molecule has 0 amide bonds. The molecule has 0 bridgehead atoms. The molecule has 0 fully saturated rings. The number of para-hydroxylation sites is 1. The SMILES string of the molecule is C1=CCNC(c2cc3c4cc(-c5ccc6c(C7=C[C@@H]8C=CC=CC8C=C7)c7ccccc7c(-c7ccc8ccccc8c7)c6c5)ccc4n(-c4ccccc4)c3cn2)=C1. The molecule has 3 heteroatoms. The van der Waals surface area contributed by atoms with Crippen LogP contribution in [0.25, 0.3) is 93.3 Å². The molecule has 3 heterocycles. The molecule has 3 nitrogen and oxygen atoms in total. The van der Waals surface area contributed by atoms with E-state index in [9.17, 15) is 0 Å². The topological polar surface area (TPSA) is 29.9 Å². The smallest absolute Gasteiger partial charge is 0.0868 e. The van der Waals surface area contributed by atoms with E-state index in [-0.39, 0.29) is 0 Å². The van der Waals surface area contributed by atoms with E-state index in [1.807, 2.05) is 6.20 Å². The Balaban J connectivity index is 1.11. The minimum Gasteiger partial charge on any atom is -0.380 e. The van der Waals surface area contributed by atoms with Gasteiger partial charge in [-0.3, -0.25) is 4.98 Å². The lowest BCUT2D eigenvalue weighted by molar-refractivity contribution is 0.663. The Hall–Kier alpha value is -7.49. The number of dihydropyridines is 1. The molecule has 2 aromatic heterocycles. The third-order valence-corrected chi connectivity index (χ3v) is 12.5. The van der Waals surface area contributed by atoms with E-state index in [4.69, 9.17) is 4.98 Å². The molecule has 7 aromatic carbocycles. The quantitative estimate of drug-likeness (QED) is 0.177. The van der Waals surface area contributed by atoms with Crippen LogP contribution in [0.5, 0.6) is 0 Å². The summed E-state index contributed by atoms with van der Waals surface area (Å²) in [6, 6.07) is 51.6. The number of hydrogen-bond donors (Lipinski definition) is 1. The van der Waals surface area contributed by atoms with Crippen LogP contribution in [-0.4, -0.2) is 16.1 Å². The van der Waals surface area contributed by atoms with E-state index in [0.29, 0.717) is 11.8 Å². The fraction of sp³-hybridized carbons (Fsp3) is 0.0536. The summed E-state index contributed by atoms with van der Waals surface area (Å²) in [7, 11) is 0. The molecule has 12 rings (SSSR count). The second-order valence-electron chi connectivity index (χ2n) is 15.9. The van der Waals surface area contributed by atoms with Gasteiger partial charge in [0.05, 0.1) is 28.6 Å². The number of rotatable bonds is 5. The molecule has 0 saturated carbocycles. The Kier molecular flexibility index (Phi) is 7.74. The first-order chi connectivity index (χ1) is 29.2. The molecular formula is C56H39N3. The summed E-state index contributed by atoms with van der Waals surface area (Å²) < 4.78 is 2.34. The van der Waals surface area contributed by atoms with Crippen molar-refractivity contribution in [2.75, 3.05) is 6.54 Å². The number of nitrogens with one attached hydrogen (secondary N) is 1. The lowest BCUT2D eigenvalue weighted by Crippen LogP contribution is -2.15. The second kappa shape index (κ2) is 13.6. The van der Waals surface area contributed by atoms with Crippen LogP contribution in [0.2, 0.25) is 0 Å². The van der Waals surface area contributed by atoms with Gasteiger partial charge in [-0.05, 0) is 114 Å². The Labute approximate surface area is 343 Å². The molecule has 2 aliphatic carbocycles. The second-order valence-corrected chi connectivity index (χ2v) is 15.9. The van der Waals surface area contributed by atoms with Gasteiger partial charge in [-0.15, -0.1) is 0 Å². The number of pyridine rings is 1. The Morgan fingerprint density at radius 2 is 1.24 bits per heavy atom. The molecule has 9 aromatic rings. The van der Waals surface area contributed by atoms with E-state index < -0.39 is 0 Å². The number of hydrogen-bond acceptors (Lipinski definition) is 2. The summed E-state index contributed by atoms with van der Waals surface area (Å²) in [5, 5.41) is 13.4. The van der Waals surface area contributed by atoms with Crippen LogP contribution in [0.3, 0.4) is 0 Å². The van der Waals surface area contributed by atoms with Gasteiger partial charge in [-0.25, -0.2) is 0 Å². The van der Waals surface area contributed by atoms with Crippen molar-refractivity contribution < 1.29 is 0 Å². The van der Waals surface area contributed by atoms with Crippen molar-refractivity contribution >= 4 is 65.4 Å². The fourth-order valence-corrected chi connectivity index (χ4v) is 9.71. The summed E-state index contributed by atoms with van der Waals surface area (Å²) in [6.07, 6.45) is 24.6. The highest BCUT2D eigenvalue weighted by atomic mass is 15.0. The van der Waals surface area contributed by atoms with Crippen molar-refractivity contribution in [3.05, 3.63) is 218 Å². The molecule has 1 aliphatic heterocycles. The number of aromatic nitrogens is 2. The molecule has 2 atom stereocenters. The van der Waals surface area contributed by atoms with Crippen LogP contribution in [0.1, 0.15) is 11.3 Å². The van der Waals surface area contributed by atoms with Crippen LogP contribution < -0.4 is 5.32 Å². The van der Waals surface area contributed by atoms with E-state index in [1.54, 1.807) is 0 Å². The van der Waals surface area contributed by atoms with Crippen LogP contribution in [-0.2, 0) is 0 Å². The zero-order valence-electron chi connectivity index (χ0n) is 32.4. The summed E-state index contributed by atoms with van der Waals surface area (Å²) in [5.74, 6) is 0.738. The standard InChI is InChI=1S/C56H39N3/c1-2-16-44(17-3-1)59-53-28-26-41(32-48(53)49-34-52(58-35-54(49)59)51-20-10-11-29-57-51)40-25-27-47-50(33-40)56(43-24-22-37-13-5-7-15-39(37)31-43)46-19-9-8-18-45(46)55(47)42-23-21-36-12-4-6-14-38(36)30-42/h1-28,30-36,38,57H,29H2/t36?,38-/m0/s1. The first kappa shape index (κ1) is 33.6. The van der Waals surface area contributed by atoms with E-state index >= 15 is 0 Å². The lowest BCUT2D eigenvalue weighted by atomic mass is 9.78. The molecule has 0 radical (unpaired) electrons. The van der Waals surface area contributed by atoms with Crippen molar-refractivity contribution in [1.82, 2.24) is 14.9 Å². The van der Waals surface area contributed by atoms with Crippen LogP contribution in [0.15, 0.2) is 206 Å². The highest BCUT2D eigenvalue weighted by Gasteiger charge is 2.24. The summed E-state index contributed by atoms with van der Waals surface area (Å²) in [6.45, 7) is 0.796. The van der Waals surface area contributed by atoms with Crippen LogP contribution >= 0.6 is 0 Å². The van der Waals surface area contributed by atoms with Crippen molar-refractivity contribution in [3.63, 3.8) is 0 Å². The molecule has 0 saturated heterocycles. The van der Waals surface area contributed by atoms with Gasteiger partial charge in [-0.2, -0.15) is 0 Å². The molecule has 278 valence electrons. The molecule has 1 N–H and O–H groups in total. The molecule has 1 unspecified atom stereocenters. The van der Waals surface area contributed by atoms with E-state index in [0.717, 1.165) is 34.7 Å². The summed E-state index contributed by atoms with van der Waals surface area (Å²) >= 11 is 0. The minimum absolute atomic E-state index is 0.343. The van der Waals surface area contributed by atoms with Gasteiger partial charge >= 0.3 is 0 Å². The predicted molar refractivity (Wildman–Crippen MR) is 249 cm³/mol. The zero-order chi connectivity index (χ0) is 38.9. The number of benzene rings is 7. The van der Waals surface area contributed by atoms with Crippen molar-refractivity contribution in [2.24, 2.45) is 11.8 Å². The van der Waals surface area contributed by atoms with Crippen LogP contribution in [0, 0.1) is 11.8 Å². The third kappa shape index (κ3) is 5.54. The average Bonchev–Trinajstić information content (AvgIpc) is 3.64. The Morgan fingerprint density at radius 1 is 0.525 bits per heavy atom. The highest BCUT2D eigenvalue weighted by molar-refractivity contribution is 6.21. The maximum absolute atomic E-state index is 4.98. The van der Waals surface area contributed by atoms with Gasteiger partial charge in [0.15, 0.2) is 0 Å². The first-order valence-corrected chi connectivity index (χ1v) is 20.6. The van der Waals surface area contributed by atoms with Crippen molar-refractivity contribution in [3.8, 4) is 27.9 Å². The van der Waals surface area contributed by atoms with Gasteiger partial charge in [-0.1, -0.05) is 152 Å². The zero-order valence-corrected chi connectivity index (χ0v) is 32.4. The van der Waals surface area contributed by atoms with Gasteiger partial charge in [0.25, 0.3) is 0 Å². The normalized spacial score (nSPS) is 17.2. The summed E-state index contributed by atoms with van der Waals surface area (Å²) in [4.78, 5) is 4.98.